The third-order valence-corrected chi connectivity index (χ3v) is 5.99. The standard InChI is InChI=1S/C21H28N2O2S/c1-14(18(24)15-10-12-17(13-11-15)21(2,3)4)26-20-23-22-19(25-20)16-8-6-5-7-9-16/h10-14,16H,5-9H2,1-4H3. The van der Waals surface area contributed by atoms with Gasteiger partial charge in [0.2, 0.25) is 5.89 Å². The van der Waals surface area contributed by atoms with Crippen molar-refractivity contribution in [2.24, 2.45) is 0 Å². The minimum Gasteiger partial charge on any atom is -0.416 e. The Morgan fingerprint density at radius 2 is 1.77 bits per heavy atom. The van der Waals surface area contributed by atoms with Crippen molar-refractivity contribution in [1.29, 1.82) is 0 Å². The van der Waals surface area contributed by atoms with Crippen LogP contribution in [-0.2, 0) is 5.41 Å². The van der Waals surface area contributed by atoms with Crippen LogP contribution in [0.15, 0.2) is 33.9 Å². The Kier molecular flexibility index (Phi) is 5.86. The predicted molar refractivity (Wildman–Crippen MR) is 105 cm³/mol. The Bertz CT molecular complexity index is 740. The first kappa shape index (κ1) is 19.2. The van der Waals surface area contributed by atoms with Crippen LogP contribution in [0.2, 0.25) is 0 Å². The van der Waals surface area contributed by atoms with Crippen LogP contribution in [0.5, 0.6) is 0 Å². The zero-order valence-electron chi connectivity index (χ0n) is 16.1. The van der Waals surface area contributed by atoms with E-state index in [0.717, 1.165) is 24.3 Å². The summed E-state index contributed by atoms with van der Waals surface area (Å²) in [7, 11) is 0. The van der Waals surface area contributed by atoms with Crippen LogP contribution in [0.1, 0.15) is 87.5 Å². The molecule has 5 heteroatoms. The lowest BCUT2D eigenvalue weighted by atomic mass is 9.86. The summed E-state index contributed by atoms with van der Waals surface area (Å²) in [6.07, 6.45) is 6.01. The maximum atomic E-state index is 12.7. The molecule has 0 N–H and O–H groups in total. The number of Topliss-reactive ketones (excluding diaryl/α,β-unsaturated/α-hetero) is 1. The molecule has 0 spiro atoms. The lowest BCUT2D eigenvalue weighted by molar-refractivity contribution is 0.0993. The van der Waals surface area contributed by atoms with Crippen molar-refractivity contribution >= 4 is 17.5 Å². The van der Waals surface area contributed by atoms with E-state index in [2.05, 4.69) is 31.0 Å². The first-order chi connectivity index (χ1) is 12.3. The van der Waals surface area contributed by atoms with E-state index in [4.69, 9.17) is 4.42 Å². The van der Waals surface area contributed by atoms with E-state index in [1.165, 1.54) is 36.6 Å². The van der Waals surface area contributed by atoms with E-state index >= 15 is 0 Å². The normalized spacial score (nSPS) is 17.2. The molecule has 1 aromatic heterocycles. The van der Waals surface area contributed by atoms with Crippen LogP contribution in [-0.4, -0.2) is 21.2 Å². The van der Waals surface area contributed by atoms with E-state index in [1.807, 2.05) is 31.2 Å². The molecule has 2 aromatic rings. The van der Waals surface area contributed by atoms with E-state index in [-0.39, 0.29) is 16.4 Å². The molecule has 0 bridgehead atoms. The van der Waals surface area contributed by atoms with Crippen molar-refractivity contribution in [2.45, 2.75) is 81.6 Å². The molecule has 1 atom stereocenters. The Balaban J connectivity index is 1.63. The Morgan fingerprint density at radius 3 is 2.38 bits per heavy atom. The van der Waals surface area contributed by atoms with Gasteiger partial charge in [-0.1, -0.05) is 76.1 Å². The number of aromatic nitrogens is 2. The second-order valence-electron chi connectivity index (χ2n) is 8.19. The van der Waals surface area contributed by atoms with Crippen LogP contribution in [0.25, 0.3) is 0 Å². The third kappa shape index (κ3) is 4.56. The molecule has 1 aliphatic rings. The molecule has 26 heavy (non-hydrogen) atoms. The Hall–Kier alpha value is -1.62. The molecule has 1 aliphatic carbocycles. The van der Waals surface area contributed by atoms with Gasteiger partial charge in [-0.15, -0.1) is 10.2 Å². The van der Waals surface area contributed by atoms with E-state index in [9.17, 15) is 4.79 Å². The number of benzene rings is 1. The van der Waals surface area contributed by atoms with Gasteiger partial charge in [0.25, 0.3) is 5.22 Å². The first-order valence-corrected chi connectivity index (χ1v) is 10.4. The lowest BCUT2D eigenvalue weighted by Crippen LogP contribution is -2.15. The highest BCUT2D eigenvalue weighted by Crippen LogP contribution is 2.34. The van der Waals surface area contributed by atoms with Gasteiger partial charge in [0.1, 0.15) is 0 Å². The molecule has 1 aromatic carbocycles. The maximum Gasteiger partial charge on any atom is 0.277 e. The molecule has 1 fully saturated rings. The van der Waals surface area contributed by atoms with Gasteiger partial charge in [0.05, 0.1) is 5.25 Å². The number of hydrogen-bond acceptors (Lipinski definition) is 5. The molecule has 0 aliphatic heterocycles. The van der Waals surface area contributed by atoms with Crippen molar-refractivity contribution in [1.82, 2.24) is 10.2 Å². The molecule has 1 unspecified atom stereocenters. The van der Waals surface area contributed by atoms with E-state index < -0.39 is 0 Å². The third-order valence-electron chi connectivity index (χ3n) is 5.06. The van der Waals surface area contributed by atoms with Crippen molar-refractivity contribution in [3.05, 3.63) is 41.3 Å². The molecule has 0 amide bonds. The fourth-order valence-corrected chi connectivity index (χ4v) is 4.12. The predicted octanol–water partition coefficient (Wildman–Crippen LogP) is 5.78. The van der Waals surface area contributed by atoms with Gasteiger partial charge in [-0.2, -0.15) is 0 Å². The zero-order chi connectivity index (χ0) is 18.7. The van der Waals surface area contributed by atoms with Gasteiger partial charge in [-0.3, -0.25) is 4.79 Å². The molecule has 1 saturated carbocycles. The molecule has 4 nitrogen and oxygen atoms in total. The zero-order valence-corrected chi connectivity index (χ0v) is 16.9. The van der Waals surface area contributed by atoms with Gasteiger partial charge >= 0.3 is 0 Å². The molecular weight excluding hydrogens is 344 g/mol. The smallest absolute Gasteiger partial charge is 0.277 e. The number of carbonyl (C=O) groups is 1. The number of hydrogen-bond donors (Lipinski definition) is 0. The summed E-state index contributed by atoms with van der Waals surface area (Å²) in [5, 5.41) is 8.61. The molecule has 1 heterocycles. The fraction of sp³-hybridized carbons (Fsp3) is 0.571. The van der Waals surface area contributed by atoms with Crippen LogP contribution >= 0.6 is 11.8 Å². The first-order valence-electron chi connectivity index (χ1n) is 9.49. The fourth-order valence-electron chi connectivity index (χ4n) is 3.36. The number of thioether (sulfide) groups is 1. The molecule has 140 valence electrons. The summed E-state index contributed by atoms with van der Waals surface area (Å²) in [5.41, 5.74) is 2.04. The van der Waals surface area contributed by atoms with Crippen LogP contribution in [0.3, 0.4) is 0 Å². The van der Waals surface area contributed by atoms with Gasteiger partial charge in [-0.25, -0.2) is 0 Å². The van der Waals surface area contributed by atoms with Crippen LogP contribution < -0.4 is 0 Å². The number of nitrogens with zero attached hydrogens (tertiary/aromatic N) is 2. The maximum absolute atomic E-state index is 12.7. The van der Waals surface area contributed by atoms with E-state index in [1.54, 1.807) is 0 Å². The topological polar surface area (TPSA) is 56.0 Å². The average molecular weight is 373 g/mol. The van der Waals surface area contributed by atoms with Crippen molar-refractivity contribution in [3.8, 4) is 0 Å². The SMILES string of the molecule is CC(Sc1nnc(C2CCCCC2)o1)C(=O)c1ccc(C(C)(C)C)cc1. The molecule has 0 saturated heterocycles. The summed E-state index contributed by atoms with van der Waals surface area (Å²) in [4.78, 5) is 12.7. The lowest BCUT2D eigenvalue weighted by Gasteiger charge is -2.19. The largest absolute Gasteiger partial charge is 0.416 e. The Morgan fingerprint density at radius 1 is 1.12 bits per heavy atom. The summed E-state index contributed by atoms with van der Waals surface area (Å²) in [6.45, 7) is 8.40. The van der Waals surface area contributed by atoms with Gasteiger partial charge in [-0.05, 0) is 30.7 Å². The molecular formula is C21H28N2O2S. The highest BCUT2D eigenvalue weighted by Gasteiger charge is 2.24. The average Bonchev–Trinajstić information content (AvgIpc) is 3.09. The second-order valence-corrected chi connectivity index (χ2v) is 9.48. The molecule has 3 rings (SSSR count). The minimum absolute atomic E-state index is 0.0845. The highest BCUT2D eigenvalue weighted by atomic mass is 32.2. The highest BCUT2D eigenvalue weighted by molar-refractivity contribution is 8.00. The van der Waals surface area contributed by atoms with Crippen molar-refractivity contribution in [2.75, 3.05) is 0 Å². The quantitative estimate of drug-likeness (QED) is 0.492. The summed E-state index contributed by atoms with van der Waals surface area (Å²) in [6, 6.07) is 7.92. The Labute approximate surface area is 160 Å². The number of carbonyl (C=O) groups excluding carboxylic acids is 1. The summed E-state index contributed by atoms with van der Waals surface area (Å²) < 4.78 is 5.83. The second kappa shape index (κ2) is 7.95. The number of ketones is 1. The monoisotopic (exact) mass is 372 g/mol. The van der Waals surface area contributed by atoms with Crippen LogP contribution in [0.4, 0.5) is 0 Å². The van der Waals surface area contributed by atoms with E-state index in [0.29, 0.717) is 11.1 Å². The van der Waals surface area contributed by atoms with Crippen molar-refractivity contribution < 1.29 is 9.21 Å². The summed E-state index contributed by atoms with van der Waals surface area (Å²) in [5.74, 6) is 1.22. The van der Waals surface area contributed by atoms with Gasteiger partial charge in [0, 0.05) is 11.5 Å². The van der Waals surface area contributed by atoms with Crippen LogP contribution in [0, 0.1) is 0 Å². The van der Waals surface area contributed by atoms with Crippen molar-refractivity contribution in [3.63, 3.8) is 0 Å². The number of rotatable bonds is 5. The molecule has 0 radical (unpaired) electrons. The van der Waals surface area contributed by atoms with Gasteiger partial charge < -0.3 is 4.42 Å². The minimum atomic E-state index is -0.254. The summed E-state index contributed by atoms with van der Waals surface area (Å²) >= 11 is 1.35. The van der Waals surface area contributed by atoms with Gasteiger partial charge in [0.15, 0.2) is 5.78 Å².